The van der Waals surface area contributed by atoms with E-state index in [4.69, 9.17) is 0 Å². The summed E-state index contributed by atoms with van der Waals surface area (Å²) in [6, 6.07) is 3.25. The number of carbonyl (C=O) groups is 2. The van der Waals surface area contributed by atoms with Crippen molar-refractivity contribution in [1.82, 2.24) is 4.98 Å². The summed E-state index contributed by atoms with van der Waals surface area (Å²) in [5, 5.41) is 9.89. The number of benzene rings is 1. The molecular formula is C15H17NO3. The molecule has 19 heavy (non-hydrogen) atoms. The lowest BCUT2D eigenvalue weighted by Crippen LogP contribution is -2.00. The summed E-state index contributed by atoms with van der Waals surface area (Å²) < 4.78 is 0. The van der Waals surface area contributed by atoms with Crippen molar-refractivity contribution in [3.05, 3.63) is 34.5 Å². The minimum atomic E-state index is -0.975. The number of H-pyrrole nitrogens is 1. The van der Waals surface area contributed by atoms with Crippen LogP contribution in [0.5, 0.6) is 0 Å². The molecule has 2 aromatic rings. The van der Waals surface area contributed by atoms with Gasteiger partial charge in [-0.05, 0) is 37.5 Å². The Morgan fingerprint density at radius 2 is 1.89 bits per heavy atom. The van der Waals surface area contributed by atoms with E-state index in [0.717, 1.165) is 16.8 Å². The van der Waals surface area contributed by atoms with Gasteiger partial charge in [0.2, 0.25) is 0 Å². The monoisotopic (exact) mass is 259 g/mol. The van der Waals surface area contributed by atoms with Gasteiger partial charge in [-0.3, -0.25) is 4.79 Å². The maximum absolute atomic E-state index is 11.7. The molecule has 0 aliphatic carbocycles. The lowest BCUT2D eigenvalue weighted by molar-refractivity contribution is 0.0696. The van der Waals surface area contributed by atoms with Crippen LogP contribution in [0.15, 0.2) is 12.1 Å². The van der Waals surface area contributed by atoms with Crippen LogP contribution >= 0.6 is 0 Å². The predicted molar refractivity (Wildman–Crippen MR) is 74.1 cm³/mol. The van der Waals surface area contributed by atoms with Crippen molar-refractivity contribution in [2.45, 2.75) is 33.6 Å². The standard InChI is InChI=1S/C15H17NO3/c1-7(2)11-5-10(15(18)19)6-12-13(9(4)17)8(3)16-14(11)12/h5-7,16H,1-4H3,(H,18,19). The second kappa shape index (κ2) is 4.53. The lowest BCUT2D eigenvalue weighted by Gasteiger charge is -2.09. The second-order valence-electron chi connectivity index (χ2n) is 5.13. The summed E-state index contributed by atoms with van der Waals surface area (Å²) in [6.07, 6.45) is 0. The fraction of sp³-hybridized carbons (Fsp3) is 0.333. The maximum Gasteiger partial charge on any atom is 0.335 e. The van der Waals surface area contributed by atoms with Gasteiger partial charge in [0.1, 0.15) is 0 Å². The molecule has 4 nitrogen and oxygen atoms in total. The molecule has 0 radical (unpaired) electrons. The van der Waals surface area contributed by atoms with Crippen molar-refractivity contribution >= 4 is 22.7 Å². The van der Waals surface area contributed by atoms with Crippen LogP contribution in [0.25, 0.3) is 10.9 Å². The summed E-state index contributed by atoms with van der Waals surface area (Å²) in [7, 11) is 0. The van der Waals surface area contributed by atoms with Gasteiger partial charge in [-0.15, -0.1) is 0 Å². The van der Waals surface area contributed by atoms with E-state index < -0.39 is 5.97 Å². The number of rotatable bonds is 3. The number of nitrogens with one attached hydrogen (secondary N) is 1. The van der Waals surface area contributed by atoms with Crippen molar-refractivity contribution in [3.63, 3.8) is 0 Å². The van der Waals surface area contributed by atoms with Crippen LogP contribution in [0.2, 0.25) is 0 Å². The quantitative estimate of drug-likeness (QED) is 0.829. The number of carboxylic acid groups (broad SMARTS) is 1. The van der Waals surface area contributed by atoms with E-state index in [0.29, 0.717) is 10.9 Å². The van der Waals surface area contributed by atoms with Crippen LogP contribution in [0.1, 0.15) is 58.7 Å². The summed E-state index contributed by atoms with van der Waals surface area (Å²) >= 11 is 0. The minimum Gasteiger partial charge on any atom is -0.478 e. The van der Waals surface area contributed by atoms with Crippen molar-refractivity contribution in [2.24, 2.45) is 0 Å². The summed E-state index contributed by atoms with van der Waals surface area (Å²) in [6.45, 7) is 7.34. The Balaban J connectivity index is 2.91. The van der Waals surface area contributed by atoms with Crippen LogP contribution in [-0.2, 0) is 0 Å². The Morgan fingerprint density at radius 3 is 2.37 bits per heavy atom. The van der Waals surface area contributed by atoms with Gasteiger partial charge in [0.05, 0.1) is 5.56 Å². The van der Waals surface area contributed by atoms with Crippen LogP contribution in [0, 0.1) is 6.92 Å². The third-order valence-electron chi connectivity index (χ3n) is 3.35. The van der Waals surface area contributed by atoms with Crippen LogP contribution in [0.4, 0.5) is 0 Å². The Bertz CT molecular complexity index is 680. The number of aromatic nitrogens is 1. The van der Waals surface area contributed by atoms with Gasteiger partial charge in [-0.1, -0.05) is 13.8 Å². The average molecular weight is 259 g/mol. The van der Waals surface area contributed by atoms with Crippen LogP contribution in [0.3, 0.4) is 0 Å². The number of hydrogen-bond acceptors (Lipinski definition) is 2. The van der Waals surface area contributed by atoms with Gasteiger partial charge in [-0.2, -0.15) is 0 Å². The van der Waals surface area contributed by atoms with Crippen LogP contribution < -0.4 is 0 Å². The number of ketones is 1. The van der Waals surface area contributed by atoms with E-state index in [9.17, 15) is 14.7 Å². The van der Waals surface area contributed by atoms with Crippen molar-refractivity contribution in [3.8, 4) is 0 Å². The zero-order valence-corrected chi connectivity index (χ0v) is 11.5. The highest BCUT2D eigenvalue weighted by atomic mass is 16.4. The maximum atomic E-state index is 11.7. The Morgan fingerprint density at radius 1 is 1.26 bits per heavy atom. The van der Waals surface area contributed by atoms with Gasteiger partial charge in [0, 0.05) is 22.2 Å². The molecule has 2 rings (SSSR count). The molecule has 100 valence electrons. The summed E-state index contributed by atoms with van der Waals surface area (Å²) in [5.41, 5.74) is 3.37. The first-order valence-corrected chi connectivity index (χ1v) is 6.23. The molecule has 4 heteroatoms. The first-order chi connectivity index (χ1) is 8.82. The topological polar surface area (TPSA) is 70.2 Å². The number of carboxylic acids is 1. The number of fused-ring (bicyclic) bond motifs is 1. The molecule has 0 aliphatic rings. The van der Waals surface area contributed by atoms with E-state index in [2.05, 4.69) is 4.98 Å². The molecule has 0 fully saturated rings. The first kappa shape index (κ1) is 13.3. The highest BCUT2D eigenvalue weighted by Crippen LogP contribution is 2.31. The normalized spacial score (nSPS) is 11.2. The molecule has 0 saturated heterocycles. The largest absolute Gasteiger partial charge is 0.478 e. The molecule has 0 aliphatic heterocycles. The Kier molecular flexibility index (Phi) is 3.18. The molecule has 1 aromatic heterocycles. The number of aromatic amines is 1. The molecule has 0 bridgehead atoms. The third-order valence-corrected chi connectivity index (χ3v) is 3.35. The number of carbonyl (C=O) groups excluding carboxylic acids is 1. The molecule has 1 heterocycles. The van der Waals surface area contributed by atoms with Gasteiger partial charge in [0.25, 0.3) is 0 Å². The number of Topliss-reactive ketones (excluding diaryl/α,β-unsaturated/α-hetero) is 1. The highest BCUT2D eigenvalue weighted by Gasteiger charge is 2.19. The SMILES string of the molecule is CC(=O)c1c(C)[nH]c2c(C(C)C)cc(C(=O)O)cc12. The zero-order chi connectivity index (χ0) is 14.3. The molecule has 0 saturated carbocycles. The fourth-order valence-electron chi connectivity index (χ4n) is 2.49. The highest BCUT2D eigenvalue weighted by molar-refractivity contribution is 6.10. The molecule has 0 atom stereocenters. The van der Waals surface area contributed by atoms with Gasteiger partial charge >= 0.3 is 5.97 Å². The van der Waals surface area contributed by atoms with E-state index in [1.54, 1.807) is 12.1 Å². The molecule has 0 amide bonds. The zero-order valence-electron chi connectivity index (χ0n) is 11.5. The number of hydrogen-bond donors (Lipinski definition) is 2. The Hall–Kier alpha value is -2.10. The van der Waals surface area contributed by atoms with Gasteiger partial charge < -0.3 is 10.1 Å². The van der Waals surface area contributed by atoms with Gasteiger partial charge in [0.15, 0.2) is 5.78 Å². The molecule has 0 unspecified atom stereocenters. The van der Waals surface area contributed by atoms with E-state index in [1.807, 2.05) is 20.8 Å². The second-order valence-corrected chi connectivity index (χ2v) is 5.13. The minimum absolute atomic E-state index is 0.0546. The summed E-state index contributed by atoms with van der Waals surface area (Å²) in [5.74, 6) is -0.849. The van der Waals surface area contributed by atoms with Crippen molar-refractivity contribution in [2.75, 3.05) is 0 Å². The fourth-order valence-corrected chi connectivity index (χ4v) is 2.49. The lowest BCUT2D eigenvalue weighted by atomic mass is 9.96. The molecular weight excluding hydrogens is 242 g/mol. The van der Waals surface area contributed by atoms with Crippen molar-refractivity contribution < 1.29 is 14.7 Å². The molecule has 1 aromatic carbocycles. The number of aromatic carboxylic acids is 1. The van der Waals surface area contributed by atoms with E-state index in [1.165, 1.54) is 6.92 Å². The molecule has 0 spiro atoms. The van der Waals surface area contributed by atoms with Gasteiger partial charge in [-0.25, -0.2) is 4.79 Å². The summed E-state index contributed by atoms with van der Waals surface area (Å²) in [4.78, 5) is 26.2. The first-order valence-electron chi connectivity index (χ1n) is 6.23. The van der Waals surface area contributed by atoms with Crippen LogP contribution in [-0.4, -0.2) is 21.8 Å². The van der Waals surface area contributed by atoms with Crippen molar-refractivity contribution in [1.29, 1.82) is 0 Å². The van der Waals surface area contributed by atoms with E-state index in [-0.39, 0.29) is 17.3 Å². The molecule has 2 N–H and O–H groups in total. The number of aryl methyl sites for hydroxylation is 1. The third kappa shape index (κ3) is 2.14. The van der Waals surface area contributed by atoms with E-state index >= 15 is 0 Å². The predicted octanol–water partition coefficient (Wildman–Crippen LogP) is 3.50. The average Bonchev–Trinajstić information content (AvgIpc) is 2.62. The Labute approximate surface area is 111 Å². The smallest absolute Gasteiger partial charge is 0.335 e.